The third-order valence-corrected chi connectivity index (χ3v) is 4.28. The molecule has 0 spiro atoms. The van der Waals surface area contributed by atoms with Crippen molar-refractivity contribution in [2.24, 2.45) is 0 Å². The lowest BCUT2D eigenvalue weighted by atomic mass is 10.1. The summed E-state index contributed by atoms with van der Waals surface area (Å²) < 4.78 is 5.40. The third-order valence-electron chi connectivity index (χ3n) is 3.39. The molecule has 0 radical (unpaired) electrons. The first-order valence-electron chi connectivity index (χ1n) is 7.07. The van der Waals surface area contributed by atoms with Gasteiger partial charge in [0.2, 0.25) is 0 Å². The van der Waals surface area contributed by atoms with E-state index in [4.69, 9.17) is 10.00 Å². The van der Waals surface area contributed by atoms with Gasteiger partial charge < -0.3 is 4.74 Å². The number of hydrogen-bond donors (Lipinski definition) is 0. The van der Waals surface area contributed by atoms with Crippen LogP contribution in [-0.4, -0.2) is 5.97 Å². The number of carbonyl (C=O) groups excluding carboxylic acids is 1. The first-order chi connectivity index (χ1) is 11.3. The molecule has 2 aromatic carbocycles. The molecule has 0 saturated heterocycles. The Hall–Kier alpha value is -2.90. The highest BCUT2D eigenvalue weighted by molar-refractivity contribution is 7.12. The van der Waals surface area contributed by atoms with Gasteiger partial charge in [-0.25, -0.2) is 4.79 Å². The highest BCUT2D eigenvalue weighted by atomic mass is 32.1. The normalized spacial score (nSPS) is 10.0. The number of carbonyl (C=O) groups is 1. The van der Waals surface area contributed by atoms with E-state index in [-0.39, 0.29) is 12.6 Å². The van der Waals surface area contributed by atoms with Crippen molar-refractivity contribution in [3.8, 4) is 17.2 Å². The van der Waals surface area contributed by atoms with Gasteiger partial charge in [-0.1, -0.05) is 42.5 Å². The summed E-state index contributed by atoms with van der Waals surface area (Å²) in [5, 5.41) is 10.7. The van der Waals surface area contributed by atoms with E-state index in [1.165, 1.54) is 11.3 Å². The molecule has 0 aliphatic heterocycles. The number of nitriles is 1. The van der Waals surface area contributed by atoms with E-state index in [9.17, 15) is 4.79 Å². The third kappa shape index (κ3) is 3.47. The van der Waals surface area contributed by atoms with E-state index >= 15 is 0 Å². The molecule has 1 heterocycles. The lowest BCUT2D eigenvalue weighted by Crippen LogP contribution is -2.04. The minimum Gasteiger partial charge on any atom is -0.457 e. The molecule has 3 aromatic rings. The van der Waals surface area contributed by atoms with Crippen LogP contribution in [0.1, 0.15) is 20.8 Å². The molecule has 0 bridgehead atoms. The van der Waals surface area contributed by atoms with Crippen LogP contribution in [-0.2, 0) is 11.3 Å². The molecule has 1 aromatic heterocycles. The molecule has 112 valence electrons. The highest BCUT2D eigenvalue weighted by Gasteiger charge is 2.16. The minimum atomic E-state index is -0.330. The molecule has 0 aliphatic rings. The zero-order valence-corrected chi connectivity index (χ0v) is 13.0. The molecule has 0 unspecified atom stereocenters. The summed E-state index contributed by atoms with van der Waals surface area (Å²) in [5.41, 5.74) is 3.33. The molecule has 0 N–H and O–H groups in total. The Morgan fingerprint density at radius 2 is 1.78 bits per heavy atom. The highest BCUT2D eigenvalue weighted by Crippen LogP contribution is 2.29. The summed E-state index contributed by atoms with van der Waals surface area (Å²) in [6.07, 6.45) is 0. The minimum absolute atomic E-state index is 0.191. The van der Waals surface area contributed by atoms with E-state index in [1.807, 2.05) is 41.8 Å². The van der Waals surface area contributed by atoms with Gasteiger partial charge in [-0.05, 0) is 34.7 Å². The quantitative estimate of drug-likeness (QED) is 0.658. The van der Waals surface area contributed by atoms with E-state index in [2.05, 4.69) is 6.07 Å². The number of ether oxygens (including phenoxy) is 1. The smallest absolute Gasteiger partial charge is 0.349 e. The number of thiophene rings is 1. The van der Waals surface area contributed by atoms with E-state index < -0.39 is 0 Å². The van der Waals surface area contributed by atoms with Gasteiger partial charge in [0, 0.05) is 5.56 Å². The monoisotopic (exact) mass is 319 g/mol. The van der Waals surface area contributed by atoms with Crippen LogP contribution in [0.25, 0.3) is 11.1 Å². The summed E-state index contributed by atoms with van der Waals surface area (Å²) in [7, 11) is 0. The Balaban J connectivity index is 1.72. The van der Waals surface area contributed by atoms with Crippen molar-refractivity contribution in [3.63, 3.8) is 0 Å². The molecule has 0 fully saturated rings. The molecule has 3 rings (SSSR count). The summed E-state index contributed by atoms with van der Waals surface area (Å²) in [6, 6.07) is 20.8. The topological polar surface area (TPSA) is 50.1 Å². The fourth-order valence-electron chi connectivity index (χ4n) is 2.20. The summed E-state index contributed by atoms with van der Waals surface area (Å²) in [6.45, 7) is 0.191. The molecule has 4 heteroatoms. The fraction of sp³-hybridized carbons (Fsp3) is 0.0526. The SMILES string of the molecule is N#Cc1ccc(COC(=O)c2sccc2-c2ccccc2)cc1. The molecule has 3 nitrogen and oxygen atoms in total. The van der Waals surface area contributed by atoms with E-state index in [1.54, 1.807) is 24.3 Å². The second kappa shape index (κ2) is 6.91. The van der Waals surface area contributed by atoms with Gasteiger partial charge in [0.25, 0.3) is 0 Å². The second-order valence-corrected chi connectivity index (χ2v) is 5.83. The van der Waals surface area contributed by atoms with Gasteiger partial charge in [0.15, 0.2) is 0 Å². The van der Waals surface area contributed by atoms with Crippen LogP contribution in [0.5, 0.6) is 0 Å². The van der Waals surface area contributed by atoms with Crippen LogP contribution >= 0.6 is 11.3 Å². The van der Waals surface area contributed by atoms with E-state index in [0.717, 1.165) is 16.7 Å². The van der Waals surface area contributed by atoms with Crippen LogP contribution in [0.4, 0.5) is 0 Å². The largest absolute Gasteiger partial charge is 0.457 e. The Labute approximate surface area is 138 Å². The van der Waals surface area contributed by atoms with Crippen molar-refractivity contribution in [2.75, 3.05) is 0 Å². The molecule has 0 atom stereocenters. The number of esters is 1. The molecular weight excluding hydrogens is 306 g/mol. The average Bonchev–Trinajstić information content (AvgIpc) is 3.11. The first-order valence-corrected chi connectivity index (χ1v) is 7.95. The summed E-state index contributed by atoms with van der Waals surface area (Å²) in [5.74, 6) is -0.330. The zero-order chi connectivity index (χ0) is 16.1. The number of nitrogens with zero attached hydrogens (tertiary/aromatic N) is 1. The van der Waals surface area contributed by atoms with Crippen molar-refractivity contribution < 1.29 is 9.53 Å². The maximum atomic E-state index is 12.3. The summed E-state index contributed by atoms with van der Waals surface area (Å²) >= 11 is 1.38. The van der Waals surface area contributed by atoms with Crippen molar-refractivity contribution in [2.45, 2.75) is 6.61 Å². The average molecular weight is 319 g/mol. The number of hydrogen-bond acceptors (Lipinski definition) is 4. The van der Waals surface area contributed by atoms with Gasteiger partial charge >= 0.3 is 5.97 Å². The van der Waals surface area contributed by atoms with Crippen molar-refractivity contribution in [1.29, 1.82) is 5.26 Å². The molecule has 0 amide bonds. The standard InChI is InChI=1S/C19H13NO2S/c20-12-14-6-8-15(9-7-14)13-22-19(21)18-17(10-11-23-18)16-4-2-1-3-5-16/h1-11H,13H2. The molecular formula is C19H13NO2S. The maximum absolute atomic E-state index is 12.3. The zero-order valence-electron chi connectivity index (χ0n) is 12.2. The summed E-state index contributed by atoms with van der Waals surface area (Å²) in [4.78, 5) is 12.9. The van der Waals surface area contributed by atoms with Gasteiger partial charge in [-0.3, -0.25) is 0 Å². The number of benzene rings is 2. The Bertz CT molecular complexity index is 845. The van der Waals surface area contributed by atoms with Crippen LogP contribution in [0.3, 0.4) is 0 Å². The van der Waals surface area contributed by atoms with Gasteiger partial charge in [-0.2, -0.15) is 5.26 Å². The Morgan fingerprint density at radius 1 is 1.04 bits per heavy atom. The van der Waals surface area contributed by atoms with Gasteiger partial charge in [-0.15, -0.1) is 11.3 Å². The van der Waals surface area contributed by atoms with Crippen LogP contribution in [0.2, 0.25) is 0 Å². The lowest BCUT2D eigenvalue weighted by molar-refractivity contribution is 0.0479. The Kier molecular flexibility index (Phi) is 4.51. The van der Waals surface area contributed by atoms with Gasteiger partial charge in [0.05, 0.1) is 11.6 Å². The van der Waals surface area contributed by atoms with Gasteiger partial charge in [0.1, 0.15) is 11.5 Å². The van der Waals surface area contributed by atoms with Crippen molar-refractivity contribution >= 4 is 17.3 Å². The van der Waals surface area contributed by atoms with Crippen LogP contribution < -0.4 is 0 Å². The molecule has 0 saturated carbocycles. The molecule has 23 heavy (non-hydrogen) atoms. The fourth-order valence-corrected chi connectivity index (χ4v) is 3.01. The predicted molar refractivity (Wildman–Crippen MR) is 90.0 cm³/mol. The predicted octanol–water partition coefficient (Wildman–Crippen LogP) is 4.64. The lowest BCUT2D eigenvalue weighted by Gasteiger charge is -2.06. The Morgan fingerprint density at radius 3 is 2.48 bits per heavy atom. The van der Waals surface area contributed by atoms with Crippen LogP contribution in [0, 0.1) is 11.3 Å². The molecule has 0 aliphatic carbocycles. The van der Waals surface area contributed by atoms with E-state index in [0.29, 0.717) is 10.4 Å². The van der Waals surface area contributed by atoms with Crippen LogP contribution in [0.15, 0.2) is 66.0 Å². The number of rotatable bonds is 4. The van der Waals surface area contributed by atoms with Crippen molar-refractivity contribution in [1.82, 2.24) is 0 Å². The first kappa shape index (κ1) is 15.0. The second-order valence-electron chi connectivity index (χ2n) is 4.91. The maximum Gasteiger partial charge on any atom is 0.349 e. The van der Waals surface area contributed by atoms with Crippen molar-refractivity contribution in [3.05, 3.63) is 82.0 Å².